The van der Waals surface area contributed by atoms with Gasteiger partial charge in [0.25, 0.3) is 0 Å². The number of amides is 1. The number of anilines is 1. The van der Waals surface area contributed by atoms with Crippen LogP contribution in [0, 0.1) is 15.9 Å². The molecule has 0 bridgehead atoms. The number of carbonyl (C=O) groups excluding carboxylic acids is 1. The number of carbonyl (C=O) groups is 1. The van der Waals surface area contributed by atoms with Gasteiger partial charge in [-0.2, -0.15) is 4.39 Å². The number of halogens is 1. The third-order valence-electron chi connectivity index (χ3n) is 1.95. The molecule has 0 atom stereocenters. The average Bonchev–Trinajstić information content (AvgIpc) is 2.15. The van der Waals surface area contributed by atoms with E-state index in [9.17, 15) is 19.3 Å². The summed E-state index contributed by atoms with van der Waals surface area (Å²) in [6.45, 7) is -0.218. The highest BCUT2D eigenvalue weighted by atomic mass is 19.1. The molecule has 0 heterocycles. The molecular formula is C9H10FN3O3. The highest BCUT2D eigenvalue weighted by Crippen LogP contribution is 2.29. The number of likely N-dealkylation sites (N-methyl/N-ethyl adjacent to an activating group) is 1. The summed E-state index contributed by atoms with van der Waals surface area (Å²) in [5.41, 5.74) is 4.31. The van der Waals surface area contributed by atoms with Crippen molar-refractivity contribution >= 4 is 17.3 Å². The summed E-state index contributed by atoms with van der Waals surface area (Å²) in [6.07, 6.45) is 0. The van der Waals surface area contributed by atoms with Crippen LogP contribution < -0.4 is 10.6 Å². The number of nitro groups is 1. The molecule has 1 aromatic rings. The molecule has 0 fully saturated rings. The Hall–Kier alpha value is -2.18. The normalized spacial score (nSPS) is 9.88. The number of hydrogen-bond donors (Lipinski definition) is 1. The number of nitrogens with two attached hydrogens (primary N) is 1. The van der Waals surface area contributed by atoms with Gasteiger partial charge < -0.3 is 10.6 Å². The van der Waals surface area contributed by atoms with Crippen LogP contribution >= 0.6 is 0 Å². The Morgan fingerprint density at radius 2 is 2.25 bits per heavy atom. The molecule has 0 aliphatic rings. The van der Waals surface area contributed by atoms with Gasteiger partial charge in [0.15, 0.2) is 0 Å². The highest BCUT2D eigenvalue weighted by Gasteiger charge is 2.22. The fourth-order valence-corrected chi connectivity index (χ4v) is 1.31. The molecule has 0 unspecified atom stereocenters. The van der Waals surface area contributed by atoms with Crippen LogP contribution in [0.25, 0.3) is 0 Å². The van der Waals surface area contributed by atoms with E-state index in [-0.39, 0.29) is 12.2 Å². The lowest BCUT2D eigenvalue weighted by atomic mass is 10.2. The molecule has 6 nitrogen and oxygen atoms in total. The van der Waals surface area contributed by atoms with Crippen LogP contribution in [0.2, 0.25) is 0 Å². The number of para-hydroxylation sites is 1. The van der Waals surface area contributed by atoms with Crippen molar-refractivity contribution in [2.75, 3.05) is 18.5 Å². The second-order valence-electron chi connectivity index (χ2n) is 3.19. The van der Waals surface area contributed by atoms with E-state index in [1.54, 1.807) is 0 Å². The Morgan fingerprint density at radius 1 is 1.62 bits per heavy atom. The number of rotatable bonds is 4. The van der Waals surface area contributed by atoms with E-state index in [2.05, 4.69) is 0 Å². The van der Waals surface area contributed by atoms with E-state index in [1.807, 2.05) is 0 Å². The highest BCUT2D eigenvalue weighted by molar-refractivity contribution is 5.80. The molecule has 0 radical (unpaired) electrons. The second kappa shape index (κ2) is 4.56. The van der Waals surface area contributed by atoms with Gasteiger partial charge >= 0.3 is 5.69 Å². The fourth-order valence-electron chi connectivity index (χ4n) is 1.31. The first-order chi connectivity index (χ1) is 7.43. The maximum absolute atomic E-state index is 13.2. The Kier molecular flexibility index (Phi) is 3.39. The fraction of sp³-hybridized carbons (Fsp3) is 0.222. The van der Waals surface area contributed by atoms with Crippen LogP contribution in [-0.2, 0) is 4.79 Å². The molecule has 0 spiro atoms. The first-order valence-corrected chi connectivity index (χ1v) is 4.36. The molecular weight excluding hydrogens is 217 g/mol. The van der Waals surface area contributed by atoms with E-state index in [1.165, 1.54) is 24.1 Å². The van der Waals surface area contributed by atoms with Crippen molar-refractivity contribution in [1.82, 2.24) is 0 Å². The zero-order valence-electron chi connectivity index (χ0n) is 8.51. The van der Waals surface area contributed by atoms with Crippen molar-refractivity contribution in [1.29, 1.82) is 0 Å². The Balaban J connectivity index is 3.17. The molecule has 1 rings (SSSR count). The maximum Gasteiger partial charge on any atom is 0.327 e. The number of nitrogens with zero attached hydrogens (tertiary/aromatic N) is 2. The number of benzene rings is 1. The van der Waals surface area contributed by atoms with Crippen molar-refractivity contribution in [2.24, 2.45) is 5.73 Å². The lowest BCUT2D eigenvalue weighted by Gasteiger charge is -2.16. The lowest BCUT2D eigenvalue weighted by Crippen LogP contribution is -2.31. The molecule has 7 heteroatoms. The summed E-state index contributed by atoms with van der Waals surface area (Å²) in [7, 11) is 1.42. The van der Waals surface area contributed by atoms with Crippen molar-refractivity contribution in [2.45, 2.75) is 0 Å². The minimum atomic E-state index is -0.946. The molecule has 0 aliphatic heterocycles. The smallest absolute Gasteiger partial charge is 0.327 e. The maximum atomic E-state index is 13.2. The van der Waals surface area contributed by atoms with Gasteiger partial charge in [-0.25, -0.2) is 0 Å². The predicted molar refractivity (Wildman–Crippen MR) is 55.5 cm³/mol. The van der Waals surface area contributed by atoms with Gasteiger partial charge in [0.2, 0.25) is 11.7 Å². The van der Waals surface area contributed by atoms with E-state index in [4.69, 9.17) is 5.73 Å². The molecule has 0 saturated heterocycles. The monoisotopic (exact) mass is 227 g/mol. The molecule has 86 valence electrons. The Bertz CT molecular complexity index is 436. The van der Waals surface area contributed by atoms with E-state index >= 15 is 0 Å². The average molecular weight is 227 g/mol. The SMILES string of the molecule is CN(CC(N)=O)c1cccc(F)c1[N+](=O)[O-]. The third kappa shape index (κ3) is 2.44. The van der Waals surface area contributed by atoms with Crippen LogP contribution in [0.1, 0.15) is 0 Å². The zero-order valence-corrected chi connectivity index (χ0v) is 8.51. The van der Waals surface area contributed by atoms with Crippen LogP contribution in [0.4, 0.5) is 15.8 Å². The van der Waals surface area contributed by atoms with E-state index in [0.29, 0.717) is 0 Å². The van der Waals surface area contributed by atoms with Gasteiger partial charge in [-0.3, -0.25) is 14.9 Å². The first kappa shape index (κ1) is 11.9. The van der Waals surface area contributed by atoms with Crippen LogP contribution in [-0.4, -0.2) is 24.4 Å². The van der Waals surface area contributed by atoms with Gasteiger partial charge in [-0.05, 0) is 12.1 Å². The summed E-state index contributed by atoms with van der Waals surface area (Å²) in [6, 6.07) is 3.67. The predicted octanol–water partition coefficient (Wildman–Crippen LogP) is 0.655. The minimum absolute atomic E-state index is 0.0174. The summed E-state index contributed by atoms with van der Waals surface area (Å²) in [5.74, 6) is -1.60. The van der Waals surface area contributed by atoms with Gasteiger partial charge in [0.1, 0.15) is 5.69 Å². The van der Waals surface area contributed by atoms with Gasteiger partial charge in [-0.15, -0.1) is 0 Å². The zero-order chi connectivity index (χ0) is 12.3. The van der Waals surface area contributed by atoms with Crippen molar-refractivity contribution in [3.8, 4) is 0 Å². The summed E-state index contributed by atoms with van der Waals surface area (Å²) < 4.78 is 13.2. The Morgan fingerprint density at radius 3 is 2.75 bits per heavy atom. The topological polar surface area (TPSA) is 89.5 Å². The van der Waals surface area contributed by atoms with Crippen LogP contribution in [0.5, 0.6) is 0 Å². The number of nitro benzene ring substituents is 1. The summed E-state index contributed by atoms with van der Waals surface area (Å²) >= 11 is 0. The number of primary amides is 1. The molecule has 0 aliphatic carbocycles. The molecule has 16 heavy (non-hydrogen) atoms. The first-order valence-electron chi connectivity index (χ1n) is 4.36. The standard InChI is InChI=1S/C9H10FN3O3/c1-12(5-8(11)14)7-4-2-3-6(10)9(7)13(15)16/h2-4H,5H2,1H3,(H2,11,14). The number of hydrogen-bond acceptors (Lipinski definition) is 4. The molecule has 0 saturated carbocycles. The third-order valence-corrected chi connectivity index (χ3v) is 1.95. The second-order valence-corrected chi connectivity index (χ2v) is 3.19. The minimum Gasteiger partial charge on any atom is -0.368 e. The van der Waals surface area contributed by atoms with Crippen molar-refractivity contribution < 1.29 is 14.1 Å². The molecule has 2 N–H and O–H groups in total. The van der Waals surface area contributed by atoms with Gasteiger partial charge in [0, 0.05) is 7.05 Å². The Labute approximate surface area is 90.6 Å². The molecule has 0 aromatic heterocycles. The largest absolute Gasteiger partial charge is 0.368 e. The van der Waals surface area contributed by atoms with E-state index < -0.39 is 22.3 Å². The molecule has 1 aromatic carbocycles. The van der Waals surface area contributed by atoms with Crippen LogP contribution in [0.3, 0.4) is 0 Å². The summed E-state index contributed by atoms with van der Waals surface area (Å²) in [5, 5.41) is 10.7. The lowest BCUT2D eigenvalue weighted by molar-refractivity contribution is -0.386. The van der Waals surface area contributed by atoms with Gasteiger partial charge in [0.05, 0.1) is 11.5 Å². The van der Waals surface area contributed by atoms with Crippen molar-refractivity contribution in [3.63, 3.8) is 0 Å². The quantitative estimate of drug-likeness (QED) is 0.604. The van der Waals surface area contributed by atoms with Crippen LogP contribution in [0.15, 0.2) is 18.2 Å². The van der Waals surface area contributed by atoms with Gasteiger partial charge in [-0.1, -0.05) is 6.07 Å². The summed E-state index contributed by atoms with van der Waals surface area (Å²) in [4.78, 5) is 21.7. The van der Waals surface area contributed by atoms with Crippen molar-refractivity contribution in [3.05, 3.63) is 34.1 Å². The molecule has 1 amide bonds. The van der Waals surface area contributed by atoms with E-state index in [0.717, 1.165) is 6.07 Å².